The summed E-state index contributed by atoms with van der Waals surface area (Å²) in [6, 6.07) is 3.00. The van der Waals surface area contributed by atoms with Crippen molar-refractivity contribution in [1.29, 1.82) is 0 Å². The molecule has 138 valence electrons. The SMILES string of the molecule is C=CCc1c(OCCCS(=O)(=O)CCC(=O)O)ccc(C(C)=O)c1O. The molecule has 0 aliphatic rings. The lowest BCUT2D eigenvalue weighted by Gasteiger charge is -2.14. The van der Waals surface area contributed by atoms with Crippen LogP contribution in [0, 0.1) is 0 Å². The van der Waals surface area contributed by atoms with Crippen LogP contribution < -0.4 is 4.74 Å². The van der Waals surface area contributed by atoms with E-state index in [0.717, 1.165) is 0 Å². The Bertz CT molecular complexity index is 751. The quantitative estimate of drug-likeness (QED) is 0.347. The summed E-state index contributed by atoms with van der Waals surface area (Å²) in [5, 5.41) is 18.7. The summed E-state index contributed by atoms with van der Waals surface area (Å²) < 4.78 is 28.9. The van der Waals surface area contributed by atoms with E-state index in [-0.39, 0.29) is 35.9 Å². The first-order valence-electron chi connectivity index (χ1n) is 7.69. The molecule has 0 aliphatic heterocycles. The third-order valence-corrected chi connectivity index (χ3v) is 5.19. The number of aliphatic carboxylic acids is 1. The minimum Gasteiger partial charge on any atom is -0.507 e. The van der Waals surface area contributed by atoms with Crippen molar-refractivity contribution in [2.45, 2.75) is 26.2 Å². The Morgan fingerprint density at radius 2 is 1.96 bits per heavy atom. The van der Waals surface area contributed by atoms with Crippen molar-refractivity contribution in [2.75, 3.05) is 18.1 Å². The number of hydrogen-bond donors (Lipinski definition) is 2. The number of carboxylic acids is 1. The lowest BCUT2D eigenvalue weighted by atomic mass is 10.0. The highest BCUT2D eigenvalue weighted by Crippen LogP contribution is 2.32. The first-order chi connectivity index (χ1) is 11.7. The van der Waals surface area contributed by atoms with Crippen molar-refractivity contribution in [1.82, 2.24) is 0 Å². The van der Waals surface area contributed by atoms with E-state index in [1.165, 1.54) is 13.0 Å². The Kier molecular flexibility index (Phi) is 7.63. The molecule has 1 aromatic rings. The number of phenols is 1. The van der Waals surface area contributed by atoms with Crippen molar-refractivity contribution in [3.8, 4) is 11.5 Å². The van der Waals surface area contributed by atoms with E-state index in [0.29, 0.717) is 17.7 Å². The van der Waals surface area contributed by atoms with Gasteiger partial charge in [-0.15, -0.1) is 6.58 Å². The standard InChI is InChI=1S/C17H22O7S/c1-3-5-14-15(7-6-13(12(2)18)17(14)21)24-9-4-10-25(22,23)11-8-16(19)20/h3,6-7,21H,1,4-5,8-11H2,2H3,(H,19,20). The monoisotopic (exact) mass is 370 g/mol. The van der Waals surface area contributed by atoms with Gasteiger partial charge in [-0.25, -0.2) is 8.42 Å². The Labute approximate surface area is 146 Å². The van der Waals surface area contributed by atoms with E-state index >= 15 is 0 Å². The second kappa shape index (κ2) is 9.22. The van der Waals surface area contributed by atoms with Crippen LogP contribution in [-0.4, -0.2) is 48.5 Å². The topological polar surface area (TPSA) is 118 Å². The smallest absolute Gasteiger partial charge is 0.304 e. The van der Waals surface area contributed by atoms with E-state index in [1.807, 2.05) is 0 Å². The third kappa shape index (κ3) is 6.58. The molecule has 0 heterocycles. The van der Waals surface area contributed by atoms with E-state index in [1.54, 1.807) is 12.1 Å². The molecule has 0 unspecified atom stereocenters. The molecule has 25 heavy (non-hydrogen) atoms. The zero-order chi connectivity index (χ0) is 19.0. The highest BCUT2D eigenvalue weighted by molar-refractivity contribution is 7.91. The predicted octanol–water partition coefficient (Wildman–Crippen LogP) is 1.98. The van der Waals surface area contributed by atoms with Gasteiger partial charge in [0.15, 0.2) is 15.6 Å². The number of allylic oxidation sites excluding steroid dienone is 1. The van der Waals surface area contributed by atoms with Crippen LogP contribution in [0.3, 0.4) is 0 Å². The van der Waals surface area contributed by atoms with Gasteiger partial charge in [-0.2, -0.15) is 0 Å². The molecule has 8 heteroatoms. The molecular weight excluding hydrogens is 348 g/mol. The molecule has 0 aromatic heterocycles. The zero-order valence-electron chi connectivity index (χ0n) is 14.0. The predicted molar refractivity (Wildman–Crippen MR) is 93.0 cm³/mol. The number of sulfone groups is 1. The molecule has 0 aliphatic carbocycles. The van der Waals surface area contributed by atoms with E-state index in [9.17, 15) is 23.1 Å². The second-order valence-corrected chi connectivity index (χ2v) is 7.79. The molecular formula is C17H22O7S. The van der Waals surface area contributed by atoms with Crippen LogP contribution in [-0.2, 0) is 21.1 Å². The van der Waals surface area contributed by atoms with Gasteiger partial charge in [-0.3, -0.25) is 9.59 Å². The lowest BCUT2D eigenvalue weighted by molar-refractivity contribution is -0.136. The van der Waals surface area contributed by atoms with Crippen molar-refractivity contribution in [3.63, 3.8) is 0 Å². The van der Waals surface area contributed by atoms with Gasteiger partial charge in [0.2, 0.25) is 0 Å². The molecule has 0 fully saturated rings. The molecule has 0 saturated carbocycles. The number of aromatic hydroxyl groups is 1. The number of ketones is 1. The fourth-order valence-electron chi connectivity index (χ4n) is 2.18. The van der Waals surface area contributed by atoms with E-state index < -0.39 is 28.0 Å². The average Bonchev–Trinajstić information content (AvgIpc) is 2.52. The molecule has 7 nitrogen and oxygen atoms in total. The fourth-order valence-corrected chi connectivity index (χ4v) is 3.43. The van der Waals surface area contributed by atoms with Crippen LogP contribution in [0.4, 0.5) is 0 Å². The van der Waals surface area contributed by atoms with Crippen LogP contribution in [0.2, 0.25) is 0 Å². The first kappa shape index (κ1) is 20.7. The maximum atomic E-state index is 11.7. The van der Waals surface area contributed by atoms with Crippen molar-refractivity contribution in [3.05, 3.63) is 35.9 Å². The Morgan fingerprint density at radius 3 is 2.52 bits per heavy atom. The third-order valence-electron chi connectivity index (χ3n) is 3.45. The number of Topliss-reactive ketones (excluding diaryl/α,β-unsaturated/α-hetero) is 1. The molecule has 1 aromatic carbocycles. The molecule has 2 N–H and O–H groups in total. The van der Waals surface area contributed by atoms with Crippen molar-refractivity contribution >= 4 is 21.6 Å². The van der Waals surface area contributed by atoms with Gasteiger partial charge in [-0.1, -0.05) is 6.08 Å². The van der Waals surface area contributed by atoms with Crippen molar-refractivity contribution in [2.24, 2.45) is 0 Å². The number of benzene rings is 1. The number of hydrogen-bond acceptors (Lipinski definition) is 6. The first-order valence-corrected chi connectivity index (χ1v) is 9.51. The summed E-state index contributed by atoms with van der Waals surface area (Å²) in [6.07, 6.45) is 1.61. The van der Waals surface area contributed by atoms with Gasteiger partial charge in [0.25, 0.3) is 0 Å². The van der Waals surface area contributed by atoms with Crippen LogP contribution in [0.15, 0.2) is 24.8 Å². The van der Waals surface area contributed by atoms with Gasteiger partial charge >= 0.3 is 5.97 Å². The lowest BCUT2D eigenvalue weighted by Crippen LogP contribution is -2.16. The maximum Gasteiger partial charge on any atom is 0.304 e. The highest BCUT2D eigenvalue weighted by atomic mass is 32.2. The number of carbonyl (C=O) groups excluding carboxylic acids is 1. The summed E-state index contributed by atoms with van der Waals surface area (Å²) >= 11 is 0. The zero-order valence-corrected chi connectivity index (χ0v) is 14.8. The minimum absolute atomic E-state index is 0.0787. The highest BCUT2D eigenvalue weighted by Gasteiger charge is 2.16. The normalized spacial score (nSPS) is 11.1. The molecule has 0 saturated heterocycles. The number of rotatable bonds is 11. The summed E-state index contributed by atoms with van der Waals surface area (Å²) in [7, 11) is -3.45. The van der Waals surface area contributed by atoms with Gasteiger partial charge in [0, 0.05) is 5.56 Å². The van der Waals surface area contributed by atoms with Crippen molar-refractivity contribution < 1.29 is 33.0 Å². The summed E-state index contributed by atoms with van der Waals surface area (Å²) in [6.45, 7) is 5.02. The fraction of sp³-hybridized carbons (Fsp3) is 0.412. The molecule has 0 radical (unpaired) electrons. The molecule has 0 atom stereocenters. The molecule has 0 amide bonds. The van der Waals surface area contributed by atoms with E-state index in [4.69, 9.17) is 9.84 Å². The number of carbonyl (C=O) groups is 2. The van der Waals surface area contributed by atoms with Gasteiger partial charge in [0.1, 0.15) is 11.5 Å². The van der Waals surface area contributed by atoms with Crippen LogP contribution in [0.25, 0.3) is 0 Å². The van der Waals surface area contributed by atoms with Gasteiger partial charge in [0.05, 0.1) is 30.1 Å². The molecule has 0 bridgehead atoms. The largest absolute Gasteiger partial charge is 0.507 e. The maximum absolute atomic E-state index is 11.7. The number of carboxylic acid groups (broad SMARTS) is 1. The number of phenolic OH excluding ortho intramolecular Hbond substituents is 1. The van der Waals surface area contributed by atoms with Crippen LogP contribution >= 0.6 is 0 Å². The molecule has 1 rings (SSSR count). The van der Waals surface area contributed by atoms with Crippen LogP contribution in [0.5, 0.6) is 11.5 Å². The van der Waals surface area contributed by atoms with Crippen LogP contribution in [0.1, 0.15) is 35.7 Å². The van der Waals surface area contributed by atoms with Gasteiger partial charge in [-0.05, 0) is 31.9 Å². The van der Waals surface area contributed by atoms with E-state index in [2.05, 4.69) is 6.58 Å². The Balaban J connectivity index is 2.71. The van der Waals surface area contributed by atoms with Gasteiger partial charge < -0.3 is 14.9 Å². The summed E-state index contributed by atoms with van der Waals surface area (Å²) in [5.74, 6) is -1.84. The second-order valence-electron chi connectivity index (χ2n) is 5.48. The summed E-state index contributed by atoms with van der Waals surface area (Å²) in [5.41, 5.74) is 0.594. The Morgan fingerprint density at radius 1 is 1.28 bits per heavy atom. The number of ether oxygens (including phenoxy) is 1. The minimum atomic E-state index is -3.45. The average molecular weight is 370 g/mol. The Hall–Kier alpha value is -2.35. The molecule has 0 spiro atoms. The summed E-state index contributed by atoms with van der Waals surface area (Å²) in [4.78, 5) is 21.9.